The summed E-state index contributed by atoms with van der Waals surface area (Å²) in [6, 6.07) is 1.50. The lowest BCUT2D eigenvalue weighted by Gasteiger charge is -1.94. The molecule has 0 aromatic carbocycles. The molecule has 0 amide bonds. The van der Waals surface area contributed by atoms with Gasteiger partial charge in [-0.25, -0.2) is 0 Å². The number of rotatable bonds is 4. The number of aromatic hydroxyl groups is 1. The van der Waals surface area contributed by atoms with Crippen molar-refractivity contribution in [3.8, 4) is 17.2 Å². The van der Waals surface area contributed by atoms with Crippen LogP contribution in [0.25, 0.3) is 11.5 Å². The topological polar surface area (TPSA) is 81.3 Å². The molecular formula is C10H11N3O3. The van der Waals surface area contributed by atoms with Gasteiger partial charge in [-0.1, -0.05) is 5.16 Å². The van der Waals surface area contributed by atoms with Crippen LogP contribution in [0.4, 0.5) is 0 Å². The maximum absolute atomic E-state index is 9.25. The Balaban J connectivity index is 2.18. The third kappa shape index (κ3) is 2.34. The Kier molecular flexibility index (Phi) is 3.11. The Morgan fingerprint density at radius 2 is 2.31 bits per heavy atom. The van der Waals surface area contributed by atoms with Crippen molar-refractivity contribution in [2.75, 3.05) is 6.61 Å². The Labute approximate surface area is 91.9 Å². The van der Waals surface area contributed by atoms with Crippen LogP contribution < -0.4 is 0 Å². The SMILES string of the molecule is CCOCc1noc(-c2cncc(O)c2)n1. The van der Waals surface area contributed by atoms with Crippen molar-refractivity contribution in [1.82, 2.24) is 15.1 Å². The minimum absolute atomic E-state index is 0.0575. The van der Waals surface area contributed by atoms with Gasteiger partial charge >= 0.3 is 0 Å². The maximum atomic E-state index is 9.25. The summed E-state index contributed by atoms with van der Waals surface area (Å²) in [4.78, 5) is 7.93. The highest BCUT2D eigenvalue weighted by Crippen LogP contribution is 2.19. The number of pyridine rings is 1. The van der Waals surface area contributed by atoms with Crippen LogP contribution in [-0.4, -0.2) is 26.8 Å². The van der Waals surface area contributed by atoms with E-state index in [0.717, 1.165) is 0 Å². The lowest BCUT2D eigenvalue weighted by Crippen LogP contribution is -1.93. The van der Waals surface area contributed by atoms with E-state index in [1.54, 1.807) is 0 Å². The molecule has 0 saturated heterocycles. The fourth-order valence-electron chi connectivity index (χ4n) is 1.17. The molecule has 2 aromatic heterocycles. The normalized spacial score (nSPS) is 10.6. The maximum Gasteiger partial charge on any atom is 0.259 e. The van der Waals surface area contributed by atoms with Crippen LogP contribution in [0.15, 0.2) is 23.0 Å². The molecular weight excluding hydrogens is 210 g/mol. The number of ether oxygens (including phenoxy) is 1. The summed E-state index contributed by atoms with van der Waals surface area (Å²) in [7, 11) is 0. The molecule has 0 unspecified atom stereocenters. The lowest BCUT2D eigenvalue weighted by atomic mass is 10.3. The van der Waals surface area contributed by atoms with Gasteiger partial charge in [-0.15, -0.1) is 0 Å². The van der Waals surface area contributed by atoms with E-state index in [4.69, 9.17) is 9.26 Å². The molecule has 0 aliphatic heterocycles. The van der Waals surface area contributed by atoms with Gasteiger partial charge in [-0.2, -0.15) is 4.98 Å². The molecule has 2 rings (SSSR count). The van der Waals surface area contributed by atoms with Crippen LogP contribution in [-0.2, 0) is 11.3 Å². The smallest absolute Gasteiger partial charge is 0.259 e. The van der Waals surface area contributed by atoms with Gasteiger partial charge in [0.2, 0.25) is 0 Å². The summed E-state index contributed by atoms with van der Waals surface area (Å²) in [5, 5.41) is 13.0. The third-order valence-corrected chi connectivity index (χ3v) is 1.87. The summed E-state index contributed by atoms with van der Waals surface area (Å²) < 4.78 is 10.2. The Morgan fingerprint density at radius 3 is 3.06 bits per heavy atom. The molecule has 0 aliphatic rings. The monoisotopic (exact) mass is 221 g/mol. The average molecular weight is 221 g/mol. The van der Waals surface area contributed by atoms with Gasteiger partial charge in [0.15, 0.2) is 5.82 Å². The predicted octanol–water partition coefficient (Wildman–Crippen LogP) is 1.37. The molecule has 84 valence electrons. The standard InChI is InChI=1S/C10H11N3O3/c1-2-15-6-9-12-10(16-13-9)7-3-8(14)5-11-4-7/h3-5,14H,2,6H2,1H3. The molecule has 2 heterocycles. The zero-order valence-corrected chi connectivity index (χ0v) is 8.75. The zero-order valence-electron chi connectivity index (χ0n) is 8.75. The Hall–Kier alpha value is -1.95. The fraction of sp³-hybridized carbons (Fsp3) is 0.300. The molecule has 6 heteroatoms. The molecule has 6 nitrogen and oxygen atoms in total. The lowest BCUT2D eigenvalue weighted by molar-refractivity contribution is 0.126. The van der Waals surface area contributed by atoms with Gasteiger partial charge in [-0.3, -0.25) is 4.98 Å². The minimum atomic E-state index is 0.0575. The molecule has 0 spiro atoms. The molecule has 2 aromatic rings. The van der Waals surface area contributed by atoms with Crippen molar-refractivity contribution in [1.29, 1.82) is 0 Å². The van der Waals surface area contributed by atoms with Gasteiger partial charge in [0, 0.05) is 12.8 Å². The van der Waals surface area contributed by atoms with Crippen LogP contribution in [0, 0.1) is 0 Å². The van der Waals surface area contributed by atoms with Gasteiger partial charge < -0.3 is 14.4 Å². The van der Waals surface area contributed by atoms with E-state index in [-0.39, 0.29) is 5.75 Å². The van der Waals surface area contributed by atoms with Crippen molar-refractivity contribution in [3.63, 3.8) is 0 Å². The molecule has 0 radical (unpaired) electrons. The van der Waals surface area contributed by atoms with Crippen molar-refractivity contribution in [3.05, 3.63) is 24.3 Å². The summed E-state index contributed by atoms with van der Waals surface area (Å²) in [6.07, 6.45) is 2.87. The highest BCUT2D eigenvalue weighted by Gasteiger charge is 2.09. The fourth-order valence-corrected chi connectivity index (χ4v) is 1.17. The van der Waals surface area contributed by atoms with Crippen molar-refractivity contribution in [2.24, 2.45) is 0 Å². The van der Waals surface area contributed by atoms with Crippen LogP contribution in [0.3, 0.4) is 0 Å². The second kappa shape index (κ2) is 4.71. The number of hydrogen-bond donors (Lipinski definition) is 1. The molecule has 0 bridgehead atoms. The van der Waals surface area contributed by atoms with E-state index in [1.165, 1.54) is 18.5 Å². The van der Waals surface area contributed by atoms with E-state index in [2.05, 4.69) is 15.1 Å². The molecule has 16 heavy (non-hydrogen) atoms. The number of hydrogen-bond acceptors (Lipinski definition) is 6. The van der Waals surface area contributed by atoms with E-state index < -0.39 is 0 Å². The molecule has 1 N–H and O–H groups in total. The molecule has 0 aliphatic carbocycles. The van der Waals surface area contributed by atoms with E-state index >= 15 is 0 Å². The second-order valence-electron chi connectivity index (χ2n) is 3.08. The highest BCUT2D eigenvalue weighted by molar-refractivity contribution is 5.53. The molecule has 0 atom stereocenters. The summed E-state index contributed by atoms with van der Waals surface area (Å²) in [6.45, 7) is 2.80. The van der Waals surface area contributed by atoms with Crippen molar-refractivity contribution < 1.29 is 14.4 Å². The third-order valence-electron chi connectivity index (χ3n) is 1.87. The largest absolute Gasteiger partial charge is 0.506 e. The van der Waals surface area contributed by atoms with Gasteiger partial charge in [-0.05, 0) is 13.0 Å². The highest BCUT2D eigenvalue weighted by atomic mass is 16.5. The van der Waals surface area contributed by atoms with Crippen LogP contribution >= 0.6 is 0 Å². The summed E-state index contributed by atoms with van der Waals surface area (Å²) >= 11 is 0. The minimum Gasteiger partial charge on any atom is -0.506 e. The summed E-state index contributed by atoms with van der Waals surface area (Å²) in [5.74, 6) is 0.848. The van der Waals surface area contributed by atoms with Crippen LogP contribution in [0.2, 0.25) is 0 Å². The van der Waals surface area contributed by atoms with Crippen molar-refractivity contribution >= 4 is 0 Å². The van der Waals surface area contributed by atoms with Crippen molar-refractivity contribution in [2.45, 2.75) is 13.5 Å². The first-order valence-electron chi connectivity index (χ1n) is 4.84. The average Bonchev–Trinajstić information content (AvgIpc) is 2.75. The predicted molar refractivity (Wildman–Crippen MR) is 54.5 cm³/mol. The second-order valence-corrected chi connectivity index (χ2v) is 3.08. The first kappa shape index (κ1) is 10.6. The molecule has 0 fully saturated rings. The Bertz CT molecular complexity index is 470. The van der Waals surface area contributed by atoms with E-state index in [9.17, 15) is 5.11 Å². The van der Waals surface area contributed by atoms with Crippen LogP contribution in [0.5, 0.6) is 5.75 Å². The van der Waals surface area contributed by atoms with Gasteiger partial charge in [0.05, 0.1) is 11.8 Å². The van der Waals surface area contributed by atoms with E-state index in [0.29, 0.717) is 30.5 Å². The summed E-state index contributed by atoms with van der Waals surface area (Å²) in [5.41, 5.74) is 0.579. The van der Waals surface area contributed by atoms with Gasteiger partial charge in [0.25, 0.3) is 5.89 Å². The molecule has 0 saturated carbocycles. The van der Waals surface area contributed by atoms with Crippen LogP contribution in [0.1, 0.15) is 12.7 Å². The Morgan fingerprint density at radius 1 is 1.44 bits per heavy atom. The zero-order chi connectivity index (χ0) is 11.4. The first-order chi connectivity index (χ1) is 7.79. The number of nitrogens with zero attached hydrogens (tertiary/aromatic N) is 3. The first-order valence-corrected chi connectivity index (χ1v) is 4.84. The number of aromatic nitrogens is 3. The quantitative estimate of drug-likeness (QED) is 0.839. The van der Waals surface area contributed by atoms with E-state index in [1.807, 2.05) is 6.92 Å². The van der Waals surface area contributed by atoms with Gasteiger partial charge in [0.1, 0.15) is 12.4 Å².